The number of anilines is 1. The Morgan fingerprint density at radius 2 is 1.90 bits per heavy atom. The van der Waals surface area contributed by atoms with Crippen LogP contribution in [-0.4, -0.2) is 0 Å². The van der Waals surface area contributed by atoms with Gasteiger partial charge in [-0.25, -0.2) is 0 Å². The molecule has 0 saturated heterocycles. The van der Waals surface area contributed by atoms with E-state index >= 15 is 0 Å². The highest BCUT2D eigenvalue weighted by Gasteiger charge is 2.15. The molecule has 0 aliphatic carbocycles. The molecule has 0 atom stereocenters. The van der Waals surface area contributed by atoms with Gasteiger partial charge in [0.1, 0.15) is 10.9 Å². The molecule has 98 valence electrons. The first-order valence-electron chi connectivity index (χ1n) is 6.55. The van der Waals surface area contributed by atoms with Gasteiger partial charge in [-0.3, -0.25) is 0 Å². The van der Waals surface area contributed by atoms with E-state index in [-0.39, 0.29) is 0 Å². The number of nitrogen functional groups attached to an aromatic ring is 1. The van der Waals surface area contributed by atoms with Gasteiger partial charge in [0.2, 0.25) is 0 Å². The highest BCUT2D eigenvalue weighted by molar-refractivity contribution is 7.16. The van der Waals surface area contributed by atoms with E-state index in [9.17, 15) is 0 Å². The summed E-state index contributed by atoms with van der Waals surface area (Å²) in [5, 5.41) is 11.6. The average Bonchev–Trinajstić information content (AvgIpc) is 2.82. The van der Waals surface area contributed by atoms with Crippen molar-refractivity contribution in [1.82, 2.24) is 0 Å². The van der Waals surface area contributed by atoms with Crippen LogP contribution in [-0.2, 0) is 6.42 Å². The topological polar surface area (TPSA) is 49.8 Å². The number of nitrogens with zero attached hydrogens (tertiary/aromatic N) is 1. The molecule has 0 unspecified atom stereocenters. The van der Waals surface area contributed by atoms with E-state index in [1.54, 1.807) is 0 Å². The Balaban J connectivity index is 2.23. The summed E-state index contributed by atoms with van der Waals surface area (Å²) in [6, 6.07) is 16.9. The first-order chi connectivity index (χ1) is 9.74. The fraction of sp³-hybridized carbons (Fsp3) is 0.118. The van der Waals surface area contributed by atoms with Gasteiger partial charge in [0, 0.05) is 4.88 Å². The average molecular weight is 278 g/mol. The monoisotopic (exact) mass is 278 g/mol. The maximum absolute atomic E-state index is 9.15. The van der Waals surface area contributed by atoms with Crippen molar-refractivity contribution in [2.45, 2.75) is 13.3 Å². The van der Waals surface area contributed by atoms with E-state index in [2.05, 4.69) is 43.3 Å². The van der Waals surface area contributed by atoms with E-state index < -0.39 is 0 Å². The van der Waals surface area contributed by atoms with Crippen molar-refractivity contribution in [2.75, 3.05) is 5.73 Å². The second-order valence-electron chi connectivity index (χ2n) is 4.68. The largest absolute Gasteiger partial charge is 0.397 e. The van der Waals surface area contributed by atoms with Crippen LogP contribution < -0.4 is 5.73 Å². The van der Waals surface area contributed by atoms with Gasteiger partial charge >= 0.3 is 0 Å². The van der Waals surface area contributed by atoms with Crippen molar-refractivity contribution in [3.63, 3.8) is 0 Å². The number of benzene rings is 2. The molecular weight excluding hydrogens is 264 g/mol. The van der Waals surface area contributed by atoms with Crippen LogP contribution in [0.3, 0.4) is 0 Å². The van der Waals surface area contributed by atoms with Crippen LogP contribution in [0.5, 0.6) is 0 Å². The number of thiophene rings is 1. The summed E-state index contributed by atoms with van der Waals surface area (Å²) in [5.74, 6) is 0. The van der Waals surface area contributed by atoms with Crippen molar-refractivity contribution in [1.29, 1.82) is 5.26 Å². The second kappa shape index (κ2) is 4.99. The second-order valence-corrected chi connectivity index (χ2v) is 5.70. The molecule has 3 rings (SSSR count). The lowest BCUT2D eigenvalue weighted by Crippen LogP contribution is -1.91. The Kier molecular flexibility index (Phi) is 3.17. The SMILES string of the molecule is CCc1c(-c2ccc3ccccc3c2)sc(C#N)c1N. The molecule has 2 N–H and O–H groups in total. The predicted octanol–water partition coefficient (Wildman–Crippen LogP) is 4.58. The normalized spacial score (nSPS) is 10.6. The molecule has 0 fully saturated rings. The summed E-state index contributed by atoms with van der Waals surface area (Å²) in [6.07, 6.45) is 0.839. The predicted molar refractivity (Wildman–Crippen MR) is 85.8 cm³/mol. The molecule has 2 nitrogen and oxygen atoms in total. The zero-order valence-corrected chi connectivity index (χ0v) is 12.0. The lowest BCUT2D eigenvalue weighted by molar-refractivity contribution is 1.16. The molecule has 1 aromatic heterocycles. The number of nitriles is 1. The van der Waals surface area contributed by atoms with Crippen molar-refractivity contribution in [3.05, 3.63) is 52.9 Å². The number of hydrogen-bond donors (Lipinski definition) is 1. The molecule has 0 bridgehead atoms. The molecule has 1 heterocycles. The zero-order valence-electron chi connectivity index (χ0n) is 11.2. The molecule has 0 amide bonds. The summed E-state index contributed by atoms with van der Waals surface area (Å²) in [6.45, 7) is 2.07. The van der Waals surface area contributed by atoms with E-state index in [0.717, 1.165) is 22.4 Å². The van der Waals surface area contributed by atoms with Gasteiger partial charge in [0.05, 0.1) is 5.69 Å². The minimum Gasteiger partial charge on any atom is -0.397 e. The molecule has 2 aromatic carbocycles. The zero-order chi connectivity index (χ0) is 14.1. The Bertz CT molecular complexity index is 825. The number of hydrogen-bond acceptors (Lipinski definition) is 3. The first-order valence-corrected chi connectivity index (χ1v) is 7.36. The quantitative estimate of drug-likeness (QED) is 0.745. The van der Waals surface area contributed by atoms with Crippen LogP contribution >= 0.6 is 11.3 Å². The maximum atomic E-state index is 9.15. The minimum absolute atomic E-state index is 0.616. The van der Waals surface area contributed by atoms with Gasteiger partial charge in [0.15, 0.2) is 0 Å². The smallest absolute Gasteiger partial charge is 0.128 e. The van der Waals surface area contributed by atoms with E-state index in [0.29, 0.717) is 10.6 Å². The van der Waals surface area contributed by atoms with Crippen LogP contribution in [0.2, 0.25) is 0 Å². The van der Waals surface area contributed by atoms with Crippen LogP contribution in [0.4, 0.5) is 5.69 Å². The van der Waals surface area contributed by atoms with Gasteiger partial charge in [-0.2, -0.15) is 5.26 Å². The molecule has 0 saturated carbocycles. The lowest BCUT2D eigenvalue weighted by atomic mass is 10.0. The fourth-order valence-electron chi connectivity index (χ4n) is 2.48. The molecule has 0 aliphatic heterocycles. The molecule has 3 aromatic rings. The third kappa shape index (κ3) is 1.95. The highest BCUT2D eigenvalue weighted by Crippen LogP contribution is 2.39. The highest BCUT2D eigenvalue weighted by atomic mass is 32.1. The summed E-state index contributed by atoms with van der Waals surface area (Å²) >= 11 is 1.49. The lowest BCUT2D eigenvalue weighted by Gasteiger charge is -2.05. The Morgan fingerprint density at radius 3 is 2.60 bits per heavy atom. The summed E-state index contributed by atoms with van der Waals surface area (Å²) in [5.41, 5.74) is 8.93. The fourth-order valence-corrected chi connectivity index (χ4v) is 3.58. The van der Waals surface area contributed by atoms with E-state index in [1.165, 1.54) is 22.1 Å². The Labute approximate surface area is 122 Å². The molecule has 0 radical (unpaired) electrons. The van der Waals surface area contributed by atoms with Gasteiger partial charge in [0.25, 0.3) is 0 Å². The van der Waals surface area contributed by atoms with Crippen molar-refractivity contribution < 1.29 is 0 Å². The minimum atomic E-state index is 0.616. The van der Waals surface area contributed by atoms with Gasteiger partial charge in [-0.05, 0) is 34.4 Å². The molecule has 20 heavy (non-hydrogen) atoms. The number of fused-ring (bicyclic) bond motifs is 1. The third-order valence-corrected chi connectivity index (χ3v) is 4.72. The summed E-state index contributed by atoms with van der Waals surface area (Å²) in [4.78, 5) is 1.73. The maximum Gasteiger partial charge on any atom is 0.128 e. The van der Waals surface area contributed by atoms with E-state index in [4.69, 9.17) is 11.0 Å². The Morgan fingerprint density at radius 1 is 1.15 bits per heavy atom. The van der Waals surface area contributed by atoms with Gasteiger partial charge in [-0.1, -0.05) is 43.3 Å². The molecule has 3 heteroatoms. The third-order valence-electron chi connectivity index (χ3n) is 3.51. The molecular formula is C17H14N2S. The van der Waals surface area contributed by atoms with Crippen LogP contribution in [0.1, 0.15) is 17.4 Å². The standard InChI is InChI=1S/C17H14N2S/c1-2-14-16(19)15(10-18)20-17(14)13-8-7-11-5-3-4-6-12(11)9-13/h3-9H,2,19H2,1H3. The van der Waals surface area contributed by atoms with Crippen LogP contribution in [0.25, 0.3) is 21.2 Å². The van der Waals surface area contributed by atoms with Crippen LogP contribution in [0.15, 0.2) is 42.5 Å². The molecule has 0 spiro atoms. The molecule has 0 aliphatic rings. The van der Waals surface area contributed by atoms with E-state index in [1.807, 2.05) is 12.1 Å². The van der Waals surface area contributed by atoms with Crippen molar-refractivity contribution in [3.8, 4) is 16.5 Å². The van der Waals surface area contributed by atoms with Gasteiger partial charge < -0.3 is 5.73 Å². The summed E-state index contributed by atoms with van der Waals surface area (Å²) in [7, 11) is 0. The number of rotatable bonds is 2. The Hall–Kier alpha value is -2.31. The van der Waals surface area contributed by atoms with Crippen molar-refractivity contribution in [2.24, 2.45) is 0 Å². The summed E-state index contributed by atoms with van der Waals surface area (Å²) < 4.78 is 0. The van der Waals surface area contributed by atoms with Crippen LogP contribution in [0, 0.1) is 11.3 Å². The van der Waals surface area contributed by atoms with Gasteiger partial charge in [-0.15, -0.1) is 11.3 Å². The number of nitrogens with two attached hydrogens (primary N) is 1. The van der Waals surface area contributed by atoms with Crippen molar-refractivity contribution >= 4 is 27.8 Å². The first kappa shape index (κ1) is 12.7.